The van der Waals surface area contributed by atoms with Crippen molar-refractivity contribution in [2.24, 2.45) is 5.41 Å². The molecule has 4 nitrogen and oxygen atoms in total. The molecule has 0 unspecified atom stereocenters. The second-order valence-electron chi connectivity index (χ2n) is 6.58. The summed E-state index contributed by atoms with van der Waals surface area (Å²) < 4.78 is 0. The molecule has 1 heterocycles. The van der Waals surface area contributed by atoms with Gasteiger partial charge in [-0.3, -0.25) is 9.69 Å². The number of hydrogen-bond acceptors (Lipinski definition) is 3. The quantitative estimate of drug-likeness (QED) is 0.878. The topological polar surface area (TPSA) is 60.8 Å². The van der Waals surface area contributed by atoms with Crippen LogP contribution in [0.3, 0.4) is 0 Å². The summed E-state index contributed by atoms with van der Waals surface area (Å²) >= 11 is 0. The van der Waals surface area contributed by atoms with Gasteiger partial charge in [-0.1, -0.05) is 31.5 Å². The summed E-state index contributed by atoms with van der Waals surface area (Å²) in [6.07, 6.45) is 1.03. The summed E-state index contributed by atoms with van der Waals surface area (Å²) in [5, 5.41) is 20.1. The average Bonchev–Trinajstić information content (AvgIpc) is 2.46. The van der Waals surface area contributed by atoms with Gasteiger partial charge in [0.2, 0.25) is 0 Å². The van der Waals surface area contributed by atoms with Crippen molar-refractivity contribution < 1.29 is 15.0 Å². The number of nitrogens with zero attached hydrogens (tertiary/aromatic N) is 1. The Bertz CT molecular complexity index is 523. The van der Waals surface area contributed by atoms with Gasteiger partial charge < -0.3 is 10.2 Å². The Balaban J connectivity index is 2.11. The molecule has 0 spiro atoms. The summed E-state index contributed by atoms with van der Waals surface area (Å²) in [6, 6.07) is 6.25. The summed E-state index contributed by atoms with van der Waals surface area (Å²) in [4.78, 5) is 13.8. The maximum absolute atomic E-state index is 11.7. The summed E-state index contributed by atoms with van der Waals surface area (Å²) in [5.41, 5.74) is 2.82. The lowest BCUT2D eigenvalue weighted by molar-refractivity contribution is -0.164. The molecular weight excluding hydrogens is 278 g/mol. The number of β-amino-alcohol motifs (C(OH)–C–C–N with tert-alkyl or cyclic N) is 1. The maximum atomic E-state index is 11.7. The molecule has 0 saturated carbocycles. The SMILES string of the molecule is CCC[C@]1(C(=O)O)CCN(Cc2c(C)cccc2C)C[C@H]1O. The van der Waals surface area contributed by atoms with E-state index < -0.39 is 17.5 Å². The van der Waals surface area contributed by atoms with Gasteiger partial charge in [-0.25, -0.2) is 0 Å². The standard InChI is InChI=1S/C18H27NO3/c1-4-8-18(17(21)22)9-10-19(12-16(18)20)11-15-13(2)6-5-7-14(15)3/h5-7,16,20H,4,8-12H2,1-3H3,(H,21,22)/t16-,18+/m1/s1. The Morgan fingerprint density at radius 2 is 2.00 bits per heavy atom. The number of rotatable bonds is 5. The van der Waals surface area contributed by atoms with E-state index in [1.165, 1.54) is 16.7 Å². The van der Waals surface area contributed by atoms with Crippen LogP contribution in [0.2, 0.25) is 0 Å². The van der Waals surface area contributed by atoms with Crippen molar-refractivity contribution in [3.05, 3.63) is 34.9 Å². The van der Waals surface area contributed by atoms with Gasteiger partial charge in [0.1, 0.15) is 0 Å². The van der Waals surface area contributed by atoms with Crippen LogP contribution in [0.25, 0.3) is 0 Å². The molecule has 0 amide bonds. The largest absolute Gasteiger partial charge is 0.481 e. The lowest BCUT2D eigenvalue weighted by atomic mass is 9.72. The Hall–Kier alpha value is -1.39. The molecule has 2 rings (SSSR count). The van der Waals surface area contributed by atoms with Crippen LogP contribution < -0.4 is 0 Å². The highest BCUT2D eigenvalue weighted by molar-refractivity contribution is 5.75. The van der Waals surface area contributed by atoms with E-state index in [4.69, 9.17) is 0 Å². The summed E-state index contributed by atoms with van der Waals surface area (Å²) in [7, 11) is 0. The average molecular weight is 305 g/mol. The van der Waals surface area contributed by atoms with Crippen LogP contribution in [0.4, 0.5) is 0 Å². The first-order valence-corrected chi connectivity index (χ1v) is 8.09. The molecule has 2 N–H and O–H groups in total. The van der Waals surface area contributed by atoms with Crippen molar-refractivity contribution >= 4 is 5.97 Å². The minimum absolute atomic E-state index is 0.431. The fraction of sp³-hybridized carbons (Fsp3) is 0.611. The zero-order valence-corrected chi connectivity index (χ0v) is 13.8. The highest BCUT2D eigenvalue weighted by Crippen LogP contribution is 2.37. The van der Waals surface area contributed by atoms with Crippen LogP contribution in [0.15, 0.2) is 18.2 Å². The molecule has 0 radical (unpaired) electrons. The molecule has 1 aromatic carbocycles. The third-order valence-corrected chi connectivity index (χ3v) is 5.09. The number of likely N-dealkylation sites (tertiary alicyclic amines) is 1. The van der Waals surface area contributed by atoms with E-state index in [1.807, 2.05) is 6.92 Å². The first-order valence-electron chi connectivity index (χ1n) is 8.09. The predicted molar refractivity (Wildman–Crippen MR) is 86.8 cm³/mol. The van der Waals surface area contributed by atoms with Crippen molar-refractivity contribution in [2.75, 3.05) is 13.1 Å². The third kappa shape index (κ3) is 3.18. The second kappa shape index (κ2) is 6.80. The first kappa shape index (κ1) is 17.0. The van der Waals surface area contributed by atoms with Crippen molar-refractivity contribution in [3.63, 3.8) is 0 Å². The Morgan fingerprint density at radius 3 is 2.50 bits per heavy atom. The number of aliphatic carboxylic acids is 1. The van der Waals surface area contributed by atoms with Crippen molar-refractivity contribution in [3.8, 4) is 0 Å². The second-order valence-corrected chi connectivity index (χ2v) is 6.58. The Morgan fingerprint density at radius 1 is 1.36 bits per heavy atom. The minimum Gasteiger partial charge on any atom is -0.481 e. The molecule has 1 aliphatic heterocycles. The van der Waals surface area contributed by atoms with Gasteiger partial charge >= 0.3 is 5.97 Å². The number of aryl methyl sites for hydroxylation is 2. The van der Waals surface area contributed by atoms with E-state index in [0.717, 1.165) is 19.5 Å². The Labute approximate surface area is 132 Å². The van der Waals surface area contributed by atoms with Gasteiger partial charge in [-0.05, 0) is 49.9 Å². The number of carbonyl (C=O) groups is 1. The number of benzene rings is 1. The zero-order chi connectivity index (χ0) is 16.3. The maximum Gasteiger partial charge on any atom is 0.312 e. The van der Waals surface area contributed by atoms with E-state index in [2.05, 4.69) is 36.9 Å². The fourth-order valence-corrected chi connectivity index (χ4v) is 3.59. The van der Waals surface area contributed by atoms with Crippen LogP contribution in [0.1, 0.15) is 42.9 Å². The number of hydrogen-bond donors (Lipinski definition) is 2. The molecule has 0 bridgehead atoms. The van der Waals surface area contributed by atoms with Gasteiger partial charge in [-0.15, -0.1) is 0 Å². The van der Waals surface area contributed by atoms with Gasteiger partial charge in [-0.2, -0.15) is 0 Å². The van der Waals surface area contributed by atoms with Gasteiger partial charge in [0.25, 0.3) is 0 Å². The molecule has 1 aromatic rings. The lowest BCUT2D eigenvalue weighted by Gasteiger charge is -2.43. The molecule has 22 heavy (non-hydrogen) atoms. The van der Waals surface area contributed by atoms with Gasteiger partial charge in [0.15, 0.2) is 0 Å². The monoisotopic (exact) mass is 305 g/mol. The molecule has 4 heteroatoms. The lowest BCUT2D eigenvalue weighted by Crippen LogP contribution is -2.54. The normalized spacial score (nSPS) is 26.1. The van der Waals surface area contributed by atoms with Crippen molar-refractivity contribution in [2.45, 2.75) is 52.7 Å². The van der Waals surface area contributed by atoms with Crippen molar-refractivity contribution in [1.29, 1.82) is 0 Å². The van der Waals surface area contributed by atoms with Crippen molar-refractivity contribution in [1.82, 2.24) is 4.90 Å². The van der Waals surface area contributed by atoms with E-state index in [1.54, 1.807) is 0 Å². The molecule has 122 valence electrons. The number of piperidine rings is 1. The molecular formula is C18H27NO3. The number of carboxylic acid groups (broad SMARTS) is 1. The summed E-state index contributed by atoms with van der Waals surface area (Å²) in [5.74, 6) is -0.853. The molecule has 0 aliphatic carbocycles. The van der Waals surface area contributed by atoms with E-state index in [-0.39, 0.29) is 0 Å². The van der Waals surface area contributed by atoms with Crippen LogP contribution in [0.5, 0.6) is 0 Å². The van der Waals surface area contributed by atoms with Gasteiger partial charge in [0.05, 0.1) is 11.5 Å². The zero-order valence-electron chi connectivity index (χ0n) is 13.8. The molecule has 2 atom stereocenters. The first-order chi connectivity index (χ1) is 10.4. The smallest absolute Gasteiger partial charge is 0.312 e. The predicted octanol–water partition coefficient (Wildman–Crippen LogP) is 2.74. The van der Waals surface area contributed by atoms with Crippen LogP contribution >= 0.6 is 0 Å². The minimum atomic E-state index is -0.966. The molecule has 0 aromatic heterocycles. The van der Waals surface area contributed by atoms with Gasteiger partial charge in [0, 0.05) is 13.1 Å². The molecule has 1 aliphatic rings. The number of aliphatic hydroxyl groups excluding tert-OH is 1. The summed E-state index contributed by atoms with van der Waals surface area (Å²) in [6.45, 7) is 8.09. The van der Waals surface area contributed by atoms with Crippen LogP contribution in [0, 0.1) is 19.3 Å². The third-order valence-electron chi connectivity index (χ3n) is 5.09. The van der Waals surface area contributed by atoms with Crippen LogP contribution in [-0.4, -0.2) is 40.3 Å². The number of carboxylic acids is 1. The molecule has 1 saturated heterocycles. The van der Waals surface area contributed by atoms with E-state index in [0.29, 0.717) is 19.4 Å². The van der Waals surface area contributed by atoms with E-state index in [9.17, 15) is 15.0 Å². The Kier molecular flexibility index (Phi) is 5.24. The number of aliphatic hydroxyl groups is 1. The van der Waals surface area contributed by atoms with Crippen LogP contribution in [-0.2, 0) is 11.3 Å². The highest BCUT2D eigenvalue weighted by Gasteiger charge is 2.47. The highest BCUT2D eigenvalue weighted by atomic mass is 16.4. The molecule has 1 fully saturated rings. The fourth-order valence-electron chi connectivity index (χ4n) is 3.59. The van der Waals surface area contributed by atoms with E-state index >= 15 is 0 Å².